The van der Waals surface area contributed by atoms with Gasteiger partial charge in [0.05, 0.1) is 17.6 Å². The molecule has 5 heteroatoms. The predicted molar refractivity (Wildman–Crippen MR) is 66.7 cm³/mol. The van der Waals surface area contributed by atoms with Crippen molar-refractivity contribution in [1.29, 1.82) is 0 Å². The lowest BCUT2D eigenvalue weighted by molar-refractivity contribution is 0.0283. The average Bonchev–Trinajstić information content (AvgIpc) is 2.58. The van der Waals surface area contributed by atoms with Gasteiger partial charge in [-0.25, -0.2) is 0 Å². The summed E-state index contributed by atoms with van der Waals surface area (Å²) >= 11 is 9.49. The molecule has 2 unspecified atom stereocenters. The van der Waals surface area contributed by atoms with Crippen molar-refractivity contribution >= 4 is 27.5 Å². The summed E-state index contributed by atoms with van der Waals surface area (Å²) in [5, 5.41) is 0.689. The van der Waals surface area contributed by atoms with Gasteiger partial charge in [-0.3, -0.25) is 0 Å². The second-order valence-electron chi connectivity index (χ2n) is 3.67. The summed E-state index contributed by atoms with van der Waals surface area (Å²) in [6.45, 7) is 2.08. The Morgan fingerprint density at radius 2 is 2.31 bits per heavy atom. The Kier molecular flexibility index (Phi) is 3.74. The lowest BCUT2D eigenvalue weighted by Gasteiger charge is -2.17. The minimum Gasteiger partial charge on any atom is -0.487 e. The zero-order chi connectivity index (χ0) is 11.7. The smallest absolute Gasteiger partial charge is 0.139 e. The van der Waals surface area contributed by atoms with E-state index in [0.29, 0.717) is 5.02 Å². The first-order valence-corrected chi connectivity index (χ1v) is 6.28. The van der Waals surface area contributed by atoms with Crippen LogP contribution in [0.4, 0.5) is 0 Å². The summed E-state index contributed by atoms with van der Waals surface area (Å²) in [5.74, 6) is 0.853. The van der Waals surface area contributed by atoms with Crippen molar-refractivity contribution in [3.05, 3.63) is 27.2 Å². The van der Waals surface area contributed by atoms with Crippen LogP contribution in [0.5, 0.6) is 5.75 Å². The van der Waals surface area contributed by atoms with Crippen LogP contribution in [0, 0.1) is 0 Å². The summed E-state index contributed by atoms with van der Waals surface area (Å²) in [4.78, 5) is 5.01. The van der Waals surface area contributed by atoms with Crippen molar-refractivity contribution in [2.45, 2.75) is 25.5 Å². The lowest BCUT2D eigenvalue weighted by Crippen LogP contribution is -2.29. The number of ether oxygens (including phenoxy) is 1. The van der Waals surface area contributed by atoms with Gasteiger partial charge in [0, 0.05) is 10.6 Å². The van der Waals surface area contributed by atoms with Crippen LogP contribution in [-0.4, -0.2) is 13.2 Å². The van der Waals surface area contributed by atoms with Crippen molar-refractivity contribution in [2.24, 2.45) is 0 Å². The first-order valence-electron chi connectivity index (χ1n) is 5.11. The Morgan fingerprint density at radius 3 is 2.94 bits per heavy atom. The lowest BCUT2D eigenvalue weighted by atomic mass is 10.0. The van der Waals surface area contributed by atoms with Gasteiger partial charge in [-0.05, 0) is 34.5 Å². The van der Waals surface area contributed by atoms with E-state index >= 15 is 0 Å². The van der Waals surface area contributed by atoms with Gasteiger partial charge >= 0.3 is 0 Å². The highest BCUT2D eigenvalue weighted by Crippen LogP contribution is 2.44. The number of fused-ring (bicyclic) bond motifs is 1. The Hall–Kier alpha value is -0.290. The van der Waals surface area contributed by atoms with Crippen LogP contribution in [0.25, 0.3) is 0 Å². The first kappa shape index (κ1) is 12.2. The molecule has 0 amide bonds. The summed E-state index contributed by atoms with van der Waals surface area (Å²) in [6, 6.07) is 3.77. The third-order valence-corrected chi connectivity index (χ3v) is 3.47. The van der Waals surface area contributed by atoms with Gasteiger partial charge in [-0.15, -0.1) is 0 Å². The minimum absolute atomic E-state index is 0.0278. The van der Waals surface area contributed by atoms with Crippen molar-refractivity contribution in [2.75, 3.05) is 7.11 Å². The molecule has 0 saturated carbocycles. The molecule has 1 N–H and O–H groups in total. The van der Waals surface area contributed by atoms with Crippen molar-refractivity contribution < 1.29 is 9.57 Å². The molecule has 0 aliphatic carbocycles. The molecule has 0 radical (unpaired) electrons. The molecular formula is C11H13BrClNO2. The summed E-state index contributed by atoms with van der Waals surface area (Å²) < 4.78 is 6.74. The van der Waals surface area contributed by atoms with E-state index in [0.717, 1.165) is 22.2 Å². The van der Waals surface area contributed by atoms with Crippen LogP contribution in [0.2, 0.25) is 5.02 Å². The molecule has 0 aromatic heterocycles. The third kappa shape index (κ3) is 2.07. The Morgan fingerprint density at radius 1 is 1.56 bits per heavy atom. The van der Waals surface area contributed by atoms with Gasteiger partial charge in [0.1, 0.15) is 11.9 Å². The molecule has 1 aliphatic heterocycles. The highest BCUT2D eigenvalue weighted by Gasteiger charge is 2.35. The van der Waals surface area contributed by atoms with E-state index in [9.17, 15) is 0 Å². The number of hydroxylamine groups is 1. The number of hydrogen-bond acceptors (Lipinski definition) is 3. The van der Waals surface area contributed by atoms with Crippen LogP contribution in [0.3, 0.4) is 0 Å². The Balaban J connectivity index is 2.41. The summed E-state index contributed by atoms with van der Waals surface area (Å²) in [6.07, 6.45) is 0.976. The summed E-state index contributed by atoms with van der Waals surface area (Å²) in [5.41, 5.74) is 3.99. The van der Waals surface area contributed by atoms with Gasteiger partial charge in [0.2, 0.25) is 0 Å². The largest absolute Gasteiger partial charge is 0.487 e. The first-order chi connectivity index (χ1) is 7.67. The standard InChI is InChI=1S/C11H13BrClNO2/c1-3-9-10(14-15-2)7-4-6(13)5-8(12)11(7)16-9/h4-5,9-10,14H,3H2,1-2H3. The van der Waals surface area contributed by atoms with Crippen LogP contribution in [0.1, 0.15) is 24.9 Å². The van der Waals surface area contributed by atoms with E-state index in [-0.39, 0.29) is 12.1 Å². The van der Waals surface area contributed by atoms with Crippen molar-refractivity contribution in [3.63, 3.8) is 0 Å². The van der Waals surface area contributed by atoms with Gasteiger partial charge < -0.3 is 9.57 Å². The highest BCUT2D eigenvalue weighted by molar-refractivity contribution is 9.10. The monoisotopic (exact) mass is 305 g/mol. The molecule has 1 aromatic rings. The van der Waals surface area contributed by atoms with E-state index < -0.39 is 0 Å². The molecule has 16 heavy (non-hydrogen) atoms. The molecule has 1 aromatic carbocycles. The molecule has 1 aliphatic rings. The molecular weight excluding hydrogens is 293 g/mol. The number of halogens is 2. The minimum atomic E-state index is 0.0278. The van der Waals surface area contributed by atoms with E-state index in [1.165, 1.54) is 0 Å². The fourth-order valence-corrected chi connectivity index (χ4v) is 2.87. The number of rotatable bonds is 3. The van der Waals surface area contributed by atoms with Crippen LogP contribution in [0.15, 0.2) is 16.6 Å². The fraction of sp³-hybridized carbons (Fsp3) is 0.455. The second-order valence-corrected chi connectivity index (χ2v) is 4.96. The third-order valence-electron chi connectivity index (χ3n) is 2.66. The molecule has 0 fully saturated rings. The molecule has 88 valence electrons. The fourth-order valence-electron chi connectivity index (χ4n) is 1.94. The topological polar surface area (TPSA) is 30.5 Å². The van der Waals surface area contributed by atoms with Crippen LogP contribution < -0.4 is 10.2 Å². The maximum atomic E-state index is 6.03. The maximum Gasteiger partial charge on any atom is 0.139 e. The van der Waals surface area contributed by atoms with Gasteiger partial charge in [-0.2, -0.15) is 5.48 Å². The zero-order valence-electron chi connectivity index (χ0n) is 9.09. The Bertz CT molecular complexity index is 400. The molecule has 2 rings (SSSR count). The molecule has 3 nitrogen and oxygen atoms in total. The average molecular weight is 307 g/mol. The molecule has 0 bridgehead atoms. The quantitative estimate of drug-likeness (QED) is 0.868. The Labute approximate surface area is 108 Å². The van der Waals surface area contributed by atoms with Crippen molar-refractivity contribution in [1.82, 2.24) is 5.48 Å². The van der Waals surface area contributed by atoms with Crippen LogP contribution in [-0.2, 0) is 4.84 Å². The predicted octanol–water partition coefficient (Wildman–Crippen LogP) is 3.47. The van der Waals surface area contributed by atoms with E-state index in [4.69, 9.17) is 21.2 Å². The molecule has 0 spiro atoms. The second kappa shape index (κ2) is 4.92. The number of hydrogen-bond donors (Lipinski definition) is 1. The maximum absolute atomic E-state index is 6.03. The normalized spacial score (nSPS) is 23.0. The summed E-state index contributed by atoms with van der Waals surface area (Å²) in [7, 11) is 1.60. The van der Waals surface area contributed by atoms with Crippen LogP contribution >= 0.6 is 27.5 Å². The highest BCUT2D eigenvalue weighted by atomic mass is 79.9. The zero-order valence-corrected chi connectivity index (χ0v) is 11.4. The number of nitrogens with one attached hydrogen (secondary N) is 1. The van der Waals surface area contributed by atoms with Gasteiger partial charge in [-0.1, -0.05) is 18.5 Å². The SMILES string of the molecule is CCC1Oc2c(Br)cc(Cl)cc2C1NOC. The van der Waals surface area contributed by atoms with Gasteiger partial charge in [0.15, 0.2) is 0 Å². The van der Waals surface area contributed by atoms with Crippen molar-refractivity contribution in [3.8, 4) is 5.75 Å². The molecule has 0 saturated heterocycles. The number of benzene rings is 1. The molecule has 1 heterocycles. The van der Waals surface area contributed by atoms with E-state index in [1.54, 1.807) is 7.11 Å². The van der Waals surface area contributed by atoms with Gasteiger partial charge in [0.25, 0.3) is 0 Å². The molecule has 2 atom stereocenters. The van der Waals surface area contributed by atoms with E-state index in [2.05, 4.69) is 28.3 Å². The van der Waals surface area contributed by atoms with E-state index in [1.807, 2.05) is 12.1 Å².